The van der Waals surface area contributed by atoms with Crippen molar-refractivity contribution in [3.8, 4) is 11.5 Å². The lowest BCUT2D eigenvalue weighted by molar-refractivity contribution is -0.124. The fraction of sp³-hybridized carbons (Fsp3) is 0.481. The van der Waals surface area contributed by atoms with Gasteiger partial charge in [0.25, 0.3) is 0 Å². The van der Waals surface area contributed by atoms with Gasteiger partial charge in [0.1, 0.15) is 5.78 Å². The zero-order valence-electron chi connectivity index (χ0n) is 37.5. The Bertz CT molecular complexity index is 2150. The maximum atomic E-state index is 13.6. The summed E-state index contributed by atoms with van der Waals surface area (Å²) in [6.07, 6.45) is 23.1. The van der Waals surface area contributed by atoms with Crippen LogP contribution in [0.5, 0.6) is 11.5 Å². The Morgan fingerprint density at radius 1 is 0.952 bits per heavy atom. The zero-order chi connectivity index (χ0) is 44.2. The van der Waals surface area contributed by atoms with E-state index >= 15 is 0 Å². The molecule has 0 spiro atoms. The smallest absolute Gasteiger partial charge is 0.163 e. The summed E-state index contributed by atoms with van der Waals surface area (Å²) in [6, 6.07) is 23.0. The standard InChI is InChI=1S/C54H70N4O5/c1-56-50-20-19-41-34-57-25-21-47(41)49(50)33-54(22-6-7-23-54)24-9-14-45(60)31-46(61)28-44(36-59)48-32-52(63-2)51(62)29-42(48)27-43-35-58-53(55)30-40(43)18-17-39-13-8-12-38(26-39)16-15-37-10-4-3-5-11-37/h3-5,8,10-13,19-20,26,28-30,32,35,41,47,49-50,53,56-59,62H,6-7,9,14-18,21-25,27,31,33-34,36,55H2,1-2H3. The van der Waals surface area contributed by atoms with E-state index in [1.165, 1.54) is 68.4 Å². The van der Waals surface area contributed by atoms with Crippen molar-refractivity contribution in [2.75, 3.05) is 33.9 Å². The van der Waals surface area contributed by atoms with Crippen LogP contribution in [0.3, 0.4) is 0 Å². The van der Waals surface area contributed by atoms with Crippen molar-refractivity contribution in [1.29, 1.82) is 0 Å². The van der Waals surface area contributed by atoms with Gasteiger partial charge in [-0.2, -0.15) is 0 Å². The number of aryl methyl sites for hydroxylation is 3. The van der Waals surface area contributed by atoms with E-state index in [0.717, 1.165) is 68.3 Å². The summed E-state index contributed by atoms with van der Waals surface area (Å²) in [4.78, 5) is 27.0. The first-order chi connectivity index (χ1) is 30.7. The Balaban J connectivity index is 0.985. The molecule has 63 heavy (non-hydrogen) atoms. The van der Waals surface area contributed by atoms with Crippen LogP contribution in [0.25, 0.3) is 5.57 Å². The van der Waals surface area contributed by atoms with Crippen LogP contribution in [0.1, 0.15) is 98.4 Å². The lowest BCUT2D eigenvalue weighted by Gasteiger charge is -2.46. The molecule has 2 aliphatic heterocycles. The van der Waals surface area contributed by atoms with Crippen LogP contribution in [-0.2, 0) is 35.3 Å². The number of phenols is 1. The normalized spacial score (nSPS) is 23.0. The zero-order valence-corrected chi connectivity index (χ0v) is 37.5. The molecule has 1 saturated carbocycles. The van der Waals surface area contributed by atoms with Gasteiger partial charge in [-0.25, -0.2) is 0 Å². The average molecular weight is 855 g/mol. The predicted molar refractivity (Wildman–Crippen MR) is 253 cm³/mol. The molecule has 0 radical (unpaired) electrons. The minimum Gasteiger partial charge on any atom is -0.504 e. The number of carbonyl (C=O) groups excluding carboxylic acids is 2. The number of allylic oxidation sites excluding steroid dienone is 3. The monoisotopic (exact) mass is 855 g/mol. The van der Waals surface area contributed by atoms with Crippen LogP contribution in [0, 0.1) is 23.2 Å². The molecule has 0 amide bonds. The predicted octanol–water partition coefficient (Wildman–Crippen LogP) is 8.08. The number of fused-ring (bicyclic) bond motifs is 1. The number of hydrogen-bond donors (Lipinski definition) is 6. The van der Waals surface area contributed by atoms with Crippen molar-refractivity contribution in [3.05, 3.63) is 136 Å². The highest BCUT2D eigenvalue weighted by Crippen LogP contribution is 2.51. The van der Waals surface area contributed by atoms with Gasteiger partial charge < -0.3 is 36.6 Å². The van der Waals surface area contributed by atoms with Crippen LogP contribution in [-0.4, -0.2) is 67.8 Å². The molecule has 7 rings (SSSR count). The first kappa shape index (κ1) is 46.2. The number of methoxy groups -OCH3 is 1. The number of benzene rings is 3. The Kier molecular flexibility index (Phi) is 16.3. The number of carbonyl (C=O) groups is 2. The quantitative estimate of drug-likeness (QED) is 0.0356. The molecule has 2 heterocycles. The number of nitrogens with two attached hydrogens (primary N) is 1. The van der Waals surface area contributed by atoms with Crippen molar-refractivity contribution >= 4 is 17.1 Å². The van der Waals surface area contributed by atoms with Gasteiger partial charge in [0.15, 0.2) is 17.3 Å². The van der Waals surface area contributed by atoms with Crippen molar-refractivity contribution in [2.45, 2.75) is 109 Å². The van der Waals surface area contributed by atoms with E-state index in [4.69, 9.17) is 10.5 Å². The molecule has 0 aromatic heterocycles. The highest BCUT2D eigenvalue weighted by molar-refractivity contribution is 6.07. The van der Waals surface area contributed by atoms with Gasteiger partial charge in [-0.15, -0.1) is 0 Å². The van der Waals surface area contributed by atoms with E-state index < -0.39 is 6.61 Å². The number of Topliss-reactive ketones (excluding diaryl/α,β-unsaturated/α-hetero) is 1. The topological polar surface area (TPSA) is 146 Å². The van der Waals surface area contributed by atoms with Crippen LogP contribution >= 0.6 is 0 Å². The average Bonchev–Trinajstić information content (AvgIpc) is 3.76. The Morgan fingerprint density at radius 3 is 2.44 bits per heavy atom. The summed E-state index contributed by atoms with van der Waals surface area (Å²) in [5.74, 6) is 1.67. The number of aliphatic hydroxyl groups is 1. The SMILES string of the molecule is CNC1C=CC2CNCCC2C1CC1(CCCC(=O)CC(=O)C=C(CO)c2cc(OC)c(O)cc2CC2=CNC(N)C=C2CCc2cccc(CCc3ccccc3)c2)CCCC1. The van der Waals surface area contributed by atoms with Crippen molar-refractivity contribution < 1.29 is 24.5 Å². The van der Waals surface area contributed by atoms with Gasteiger partial charge in [0.05, 0.1) is 26.3 Å². The maximum absolute atomic E-state index is 13.6. The van der Waals surface area contributed by atoms with Crippen molar-refractivity contribution in [3.63, 3.8) is 0 Å². The summed E-state index contributed by atoms with van der Waals surface area (Å²) < 4.78 is 5.49. The summed E-state index contributed by atoms with van der Waals surface area (Å²) in [6.45, 7) is 1.73. The van der Waals surface area contributed by atoms with Crippen LogP contribution in [0.4, 0.5) is 0 Å². The van der Waals surface area contributed by atoms with Gasteiger partial charge >= 0.3 is 0 Å². The molecule has 4 aliphatic rings. The molecule has 9 nitrogen and oxygen atoms in total. The highest BCUT2D eigenvalue weighted by atomic mass is 16.5. The number of nitrogens with one attached hydrogen (secondary N) is 3. The molecule has 5 unspecified atom stereocenters. The minimum atomic E-state index is -0.420. The van der Waals surface area contributed by atoms with E-state index in [-0.39, 0.29) is 41.1 Å². The Labute approximate surface area is 375 Å². The second kappa shape index (κ2) is 22.2. The molecule has 9 heteroatoms. The van der Waals surface area contributed by atoms with E-state index in [2.05, 4.69) is 83.7 Å². The first-order valence-corrected chi connectivity index (χ1v) is 23.5. The van der Waals surface area contributed by atoms with E-state index in [0.29, 0.717) is 47.8 Å². The summed E-state index contributed by atoms with van der Waals surface area (Å²) in [5.41, 5.74) is 14.3. The van der Waals surface area contributed by atoms with Crippen LogP contribution in [0.2, 0.25) is 0 Å². The number of likely N-dealkylation sites (N-methyl/N-ethyl adjacent to an activating group) is 1. The molecular formula is C54H70N4O5. The molecule has 336 valence electrons. The molecule has 0 bridgehead atoms. The fourth-order valence-electron chi connectivity index (χ4n) is 11.1. The number of phenolic OH excluding ortho intramolecular Hbond substituents is 1. The third kappa shape index (κ3) is 12.3. The minimum absolute atomic E-state index is 0.0361. The largest absolute Gasteiger partial charge is 0.504 e. The molecule has 7 N–H and O–H groups in total. The maximum Gasteiger partial charge on any atom is 0.163 e. The molecule has 5 atom stereocenters. The Morgan fingerprint density at radius 2 is 1.70 bits per heavy atom. The third-order valence-electron chi connectivity index (χ3n) is 14.5. The molecule has 2 fully saturated rings. The van der Waals surface area contributed by atoms with E-state index in [1.807, 2.05) is 18.3 Å². The van der Waals surface area contributed by atoms with Gasteiger partial charge in [-0.3, -0.25) is 9.59 Å². The summed E-state index contributed by atoms with van der Waals surface area (Å²) >= 11 is 0. The highest BCUT2D eigenvalue weighted by Gasteiger charge is 2.43. The van der Waals surface area contributed by atoms with Gasteiger partial charge in [-0.1, -0.05) is 79.6 Å². The van der Waals surface area contributed by atoms with Gasteiger partial charge in [-0.05, 0) is 176 Å². The number of hydrogen-bond acceptors (Lipinski definition) is 9. The van der Waals surface area contributed by atoms with Crippen LogP contribution in [0.15, 0.2) is 108 Å². The fourth-order valence-corrected chi connectivity index (χ4v) is 11.1. The van der Waals surface area contributed by atoms with Crippen molar-refractivity contribution in [1.82, 2.24) is 16.0 Å². The number of rotatable bonds is 21. The summed E-state index contributed by atoms with van der Waals surface area (Å²) in [7, 11) is 3.56. The Hall–Kier alpha value is -4.80. The van der Waals surface area contributed by atoms with Crippen molar-refractivity contribution in [2.24, 2.45) is 28.9 Å². The number of aromatic hydroxyl groups is 1. The number of ketones is 2. The van der Waals surface area contributed by atoms with Crippen LogP contribution < -0.4 is 26.4 Å². The second-order valence-electron chi connectivity index (χ2n) is 18.7. The van der Waals surface area contributed by atoms with E-state index in [9.17, 15) is 19.8 Å². The molecule has 3 aromatic carbocycles. The van der Waals surface area contributed by atoms with Gasteiger partial charge in [0, 0.05) is 25.2 Å². The second-order valence-corrected chi connectivity index (χ2v) is 18.7. The molecule has 2 aliphatic carbocycles. The number of piperidine rings is 1. The van der Waals surface area contributed by atoms with Gasteiger partial charge in [0.2, 0.25) is 0 Å². The lowest BCUT2D eigenvalue weighted by Crippen LogP contribution is -2.49. The molecular weight excluding hydrogens is 785 g/mol. The third-order valence-corrected chi connectivity index (χ3v) is 14.5. The number of ether oxygens (including phenoxy) is 1. The molecule has 1 saturated heterocycles. The van der Waals surface area contributed by atoms with E-state index in [1.54, 1.807) is 12.1 Å². The lowest BCUT2D eigenvalue weighted by atomic mass is 9.63. The summed E-state index contributed by atoms with van der Waals surface area (Å²) in [5, 5.41) is 32.1. The molecule has 3 aromatic rings. The number of aliphatic hydroxyl groups excluding tert-OH is 1. The first-order valence-electron chi connectivity index (χ1n) is 23.5. The number of dihydropyridines is 1.